The molecule has 4 aliphatic rings. The van der Waals surface area contributed by atoms with Gasteiger partial charge in [0.1, 0.15) is 0 Å². The average molecular weight is 562 g/mol. The third-order valence-electron chi connectivity index (χ3n) is 11.4. The van der Waals surface area contributed by atoms with Crippen LogP contribution in [0.2, 0.25) is 0 Å². The van der Waals surface area contributed by atoms with Crippen molar-refractivity contribution in [2.75, 3.05) is 78.5 Å². The van der Waals surface area contributed by atoms with Gasteiger partial charge in [-0.3, -0.25) is 4.90 Å². The summed E-state index contributed by atoms with van der Waals surface area (Å²) < 4.78 is 0. The monoisotopic (exact) mass is 562 g/mol. The van der Waals surface area contributed by atoms with Crippen molar-refractivity contribution in [2.24, 2.45) is 23.2 Å². The molecule has 0 bridgehead atoms. The van der Waals surface area contributed by atoms with Gasteiger partial charge in [-0.15, -0.1) is 0 Å². The Morgan fingerprint density at radius 2 is 1.12 bits per heavy atom. The van der Waals surface area contributed by atoms with Gasteiger partial charge in [-0.2, -0.15) is 0 Å². The number of likely N-dealkylation sites (tertiary alicyclic amines) is 3. The van der Waals surface area contributed by atoms with Gasteiger partial charge in [0.25, 0.3) is 0 Å². The van der Waals surface area contributed by atoms with Crippen LogP contribution in [0.4, 0.5) is 0 Å². The lowest BCUT2D eigenvalue weighted by atomic mass is 9.78. The smallest absolute Gasteiger partial charge is 0.0113 e. The zero-order valence-electron chi connectivity index (χ0n) is 28.6. The van der Waals surface area contributed by atoms with E-state index >= 15 is 0 Å². The normalized spacial score (nSPS) is 26.4. The van der Waals surface area contributed by atoms with Crippen LogP contribution in [0, 0.1) is 23.2 Å². The topological polar surface area (TPSA) is 16.2 Å². The van der Waals surface area contributed by atoms with Gasteiger partial charge >= 0.3 is 0 Å². The molecule has 4 heterocycles. The molecular weight excluding hydrogens is 490 g/mol. The Hall–Kier alpha value is -0.200. The third-order valence-corrected chi connectivity index (χ3v) is 11.4. The molecule has 5 heteroatoms. The Bertz CT molecular complexity index is 635. The van der Waals surface area contributed by atoms with E-state index in [0.29, 0.717) is 5.41 Å². The third kappa shape index (κ3) is 10.8. The van der Waals surface area contributed by atoms with Crippen LogP contribution in [0.1, 0.15) is 107 Å². The van der Waals surface area contributed by atoms with Crippen LogP contribution in [0.15, 0.2) is 0 Å². The van der Waals surface area contributed by atoms with Crippen LogP contribution in [0.3, 0.4) is 0 Å². The van der Waals surface area contributed by atoms with Crippen molar-refractivity contribution in [2.45, 2.75) is 125 Å². The summed E-state index contributed by atoms with van der Waals surface area (Å²) in [4.78, 5) is 13.4. The zero-order chi connectivity index (χ0) is 29.3. The van der Waals surface area contributed by atoms with Gasteiger partial charge in [-0.25, -0.2) is 0 Å². The molecule has 0 amide bonds. The molecule has 0 aromatic heterocycles. The number of piperidine rings is 3. The summed E-state index contributed by atoms with van der Waals surface area (Å²) in [7, 11) is 0. The maximum atomic E-state index is 2.76. The molecule has 0 spiro atoms. The van der Waals surface area contributed by atoms with Crippen molar-refractivity contribution in [3.05, 3.63) is 0 Å². The number of hydrogen-bond donors (Lipinski definition) is 0. The highest BCUT2D eigenvalue weighted by molar-refractivity contribution is 4.88. The predicted molar refractivity (Wildman–Crippen MR) is 175 cm³/mol. The molecule has 0 saturated carbocycles. The fraction of sp³-hybridized carbons (Fsp3) is 1.00. The fourth-order valence-corrected chi connectivity index (χ4v) is 7.72. The molecule has 0 aliphatic carbocycles. The molecule has 4 rings (SSSR count). The van der Waals surface area contributed by atoms with Crippen molar-refractivity contribution >= 4 is 0 Å². The Kier molecular flexibility index (Phi) is 14.2. The van der Waals surface area contributed by atoms with Crippen molar-refractivity contribution < 1.29 is 0 Å². The maximum absolute atomic E-state index is 2.76. The summed E-state index contributed by atoms with van der Waals surface area (Å²) in [6.07, 6.45) is 9.73. The van der Waals surface area contributed by atoms with Gasteiger partial charge in [0.05, 0.1) is 0 Å². The summed E-state index contributed by atoms with van der Waals surface area (Å²) in [5, 5.41) is 0. The maximum Gasteiger partial charge on any atom is 0.0113 e. The summed E-state index contributed by atoms with van der Waals surface area (Å²) in [6, 6.07) is 2.23. The summed E-state index contributed by atoms with van der Waals surface area (Å²) in [5.74, 6) is 2.79. The van der Waals surface area contributed by atoms with Gasteiger partial charge in [0.2, 0.25) is 0 Å². The van der Waals surface area contributed by atoms with Crippen LogP contribution >= 0.6 is 0 Å². The van der Waals surface area contributed by atoms with Gasteiger partial charge in [0, 0.05) is 57.4 Å². The Balaban J connectivity index is 0.000000222. The second-order valence-electron chi connectivity index (χ2n) is 15.5. The highest BCUT2D eigenvalue weighted by Crippen LogP contribution is 2.34. The highest BCUT2D eigenvalue weighted by Gasteiger charge is 2.34. The van der Waals surface area contributed by atoms with Crippen LogP contribution in [-0.4, -0.2) is 121 Å². The van der Waals surface area contributed by atoms with E-state index in [1.54, 1.807) is 0 Å². The first-order valence-corrected chi connectivity index (χ1v) is 17.7. The van der Waals surface area contributed by atoms with E-state index in [4.69, 9.17) is 0 Å². The molecule has 0 aromatic rings. The Morgan fingerprint density at radius 3 is 1.60 bits per heavy atom. The van der Waals surface area contributed by atoms with Crippen LogP contribution in [-0.2, 0) is 0 Å². The lowest BCUT2D eigenvalue weighted by Crippen LogP contribution is -2.50. The Morgan fingerprint density at radius 1 is 0.600 bits per heavy atom. The Labute approximate surface area is 251 Å². The van der Waals surface area contributed by atoms with Crippen molar-refractivity contribution in [3.8, 4) is 0 Å². The average Bonchev–Trinajstić information content (AvgIpc) is 2.94. The number of nitrogens with zero attached hydrogens (tertiary/aromatic N) is 5. The summed E-state index contributed by atoms with van der Waals surface area (Å²) >= 11 is 0. The molecular formula is C35H71N5. The van der Waals surface area contributed by atoms with Crippen molar-refractivity contribution in [3.63, 3.8) is 0 Å². The molecule has 0 radical (unpaired) electrons. The lowest BCUT2D eigenvalue weighted by molar-refractivity contribution is 0.0418. The molecule has 1 unspecified atom stereocenters. The van der Waals surface area contributed by atoms with Gasteiger partial charge in [-0.1, -0.05) is 27.7 Å². The number of piperazine rings is 1. The molecule has 0 N–H and O–H groups in total. The van der Waals surface area contributed by atoms with Crippen molar-refractivity contribution in [1.29, 1.82) is 0 Å². The summed E-state index contributed by atoms with van der Waals surface area (Å²) in [6.45, 7) is 37.0. The molecule has 5 nitrogen and oxygen atoms in total. The van der Waals surface area contributed by atoms with Gasteiger partial charge in [0.15, 0.2) is 0 Å². The minimum absolute atomic E-state index is 0.564. The molecule has 1 atom stereocenters. The van der Waals surface area contributed by atoms with E-state index in [2.05, 4.69) is 86.8 Å². The summed E-state index contributed by atoms with van der Waals surface area (Å²) in [5.41, 5.74) is 0.564. The number of rotatable bonds is 9. The first kappa shape index (κ1) is 34.3. The van der Waals surface area contributed by atoms with Crippen LogP contribution < -0.4 is 0 Å². The van der Waals surface area contributed by atoms with Gasteiger partial charge in [-0.05, 0) is 142 Å². The van der Waals surface area contributed by atoms with Crippen molar-refractivity contribution in [1.82, 2.24) is 24.5 Å². The predicted octanol–water partition coefficient (Wildman–Crippen LogP) is 6.39. The molecule has 4 fully saturated rings. The van der Waals surface area contributed by atoms with Crippen LogP contribution in [0.5, 0.6) is 0 Å². The van der Waals surface area contributed by atoms with Gasteiger partial charge < -0.3 is 19.6 Å². The molecule has 4 aliphatic heterocycles. The first-order chi connectivity index (χ1) is 19.0. The van der Waals surface area contributed by atoms with E-state index in [0.717, 1.165) is 35.9 Å². The van der Waals surface area contributed by atoms with E-state index < -0.39 is 0 Å². The van der Waals surface area contributed by atoms with E-state index in [1.807, 2.05) is 0 Å². The second kappa shape index (κ2) is 16.6. The SMILES string of the molecule is CC(C)N1CCC(CN2CCN(C(C)C)CC2)CC1.CCC(C)N1CCC(C)(CN2CCC(C(C)C)CC2)CC1. The molecule has 4 saturated heterocycles. The second-order valence-corrected chi connectivity index (χ2v) is 15.5. The molecule has 40 heavy (non-hydrogen) atoms. The largest absolute Gasteiger partial charge is 0.303 e. The zero-order valence-corrected chi connectivity index (χ0v) is 28.6. The fourth-order valence-electron chi connectivity index (χ4n) is 7.72. The quantitative estimate of drug-likeness (QED) is 0.323. The molecule has 0 aromatic carbocycles. The van der Waals surface area contributed by atoms with E-state index in [9.17, 15) is 0 Å². The minimum Gasteiger partial charge on any atom is -0.303 e. The standard InChI is InChI=1S/C19H38N2.C16H33N3/c1-6-17(4)21-13-9-19(5,10-14-21)15-20-11-7-18(8-12-20)16(2)3;1-14(2)18-7-5-16(6-8-18)13-17-9-11-19(12-10-17)15(3)4/h16-18H,6-15H2,1-5H3;14-16H,5-13H2,1-4H3. The first-order valence-electron chi connectivity index (χ1n) is 17.7. The molecule has 236 valence electrons. The van der Waals surface area contributed by atoms with E-state index in [1.165, 1.54) is 123 Å². The van der Waals surface area contributed by atoms with Crippen LogP contribution in [0.25, 0.3) is 0 Å². The lowest BCUT2D eigenvalue weighted by Gasteiger charge is -2.45. The minimum atomic E-state index is 0.564. The number of hydrogen-bond acceptors (Lipinski definition) is 5. The highest BCUT2D eigenvalue weighted by atomic mass is 15.3. The van der Waals surface area contributed by atoms with E-state index in [-0.39, 0.29) is 0 Å².